The molecule has 7 heteroatoms. The van der Waals surface area contributed by atoms with E-state index in [9.17, 15) is 24.6 Å². The van der Waals surface area contributed by atoms with E-state index in [1.165, 1.54) is 6.92 Å². The molecule has 3 N–H and O–H groups in total. The van der Waals surface area contributed by atoms with E-state index < -0.39 is 24.2 Å². The van der Waals surface area contributed by atoms with Crippen LogP contribution in [-0.4, -0.2) is 46.8 Å². The smallest absolute Gasteiger partial charge is 0.413 e. The maximum atomic E-state index is 12.3. The molecule has 0 aromatic rings. The van der Waals surface area contributed by atoms with E-state index in [4.69, 9.17) is 4.74 Å². The van der Waals surface area contributed by atoms with Crippen LogP contribution >= 0.6 is 0 Å². The van der Waals surface area contributed by atoms with Crippen molar-refractivity contribution in [3.05, 3.63) is 24.3 Å². The van der Waals surface area contributed by atoms with Crippen molar-refractivity contribution in [1.29, 1.82) is 0 Å². The summed E-state index contributed by atoms with van der Waals surface area (Å²) in [5, 5.41) is 22.6. The van der Waals surface area contributed by atoms with Gasteiger partial charge in [-0.2, -0.15) is 0 Å². The number of carbonyl (C=O) groups is 3. The number of ketones is 1. The van der Waals surface area contributed by atoms with E-state index in [-0.39, 0.29) is 36.6 Å². The van der Waals surface area contributed by atoms with Crippen LogP contribution < -0.4 is 5.32 Å². The molecule has 2 amide bonds. The second-order valence-corrected chi connectivity index (χ2v) is 8.44. The number of aliphatic hydroxyl groups excluding tert-OH is 2. The molecule has 1 aliphatic carbocycles. The summed E-state index contributed by atoms with van der Waals surface area (Å²) in [5.41, 5.74) is 0. The topological polar surface area (TPSA) is 113 Å². The van der Waals surface area contributed by atoms with Crippen molar-refractivity contribution in [1.82, 2.24) is 5.32 Å². The van der Waals surface area contributed by atoms with Gasteiger partial charge in [0.2, 0.25) is 5.91 Å². The van der Waals surface area contributed by atoms with E-state index in [0.29, 0.717) is 12.8 Å². The van der Waals surface area contributed by atoms with E-state index in [1.54, 1.807) is 6.08 Å². The van der Waals surface area contributed by atoms with E-state index in [2.05, 4.69) is 6.92 Å². The lowest BCUT2D eigenvalue weighted by atomic mass is 9.89. The minimum atomic E-state index is -0.731. The van der Waals surface area contributed by atoms with Crippen LogP contribution in [0.2, 0.25) is 0 Å². The Morgan fingerprint density at radius 2 is 2.00 bits per heavy atom. The molecule has 5 atom stereocenters. The minimum Gasteiger partial charge on any atom is -0.449 e. The van der Waals surface area contributed by atoms with Gasteiger partial charge in [0.05, 0.1) is 18.8 Å². The molecule has 7 nitrogen and oxygen atoms in total. The van der Waals surface area contributed by atoms with Crippen molar-refractivity contribution in [2.45, 2.75) is 84.3 Å². The highest BCUT2D eigenvalue weighted by atomic mass is 16.5. The first-order chi connectivity index (χ1) is 14.8. The summed E-state index contributed by atoms with van der Waals surface area (Å²) < 4.78 is 4.87. The van der Waals surface area contributed by atoms with Gasteiger partial charge in [-0.15, -0.1) is 0 Å². The van der Waals surface area contributed by atoms with Crippen LogP contribution in [0.15, 0.2) is 24.3 Å². The molecule has 0 aromatic heterocycles. The largest absolute Gasteiger partial charge is 0.449 e. The first-order valence-electron chi connectivity index (χ1n) is 11.4. The Hall–Kier alpha value is -1.99. The van der Waals surface area contributed by atoms with Crippen LogP contribution in [-0.2, 0) is 14.3 Å². The number of nitrogens with one attached hydrogen (secondary N) is 1. The lowest BCUT2D eigenvalue weighted by Crippen LogP contribution is -2.28. The summed E-state index contributed by atoms with van der Waals surface area (Å²) in [7, 11) is 0. The number of ether oxygens (including phenoxy) is 1. The van der Waals surface area contributed by atoms with Gasteiger partial charge in [0.15, 0.2) is 0 Å². The van der Waals surface area contributed by atoms with Gasteiger partial charge in [-0.05, 0) is 38.0 Å². The SMILES string of the molecule is CCCCC(C)[C@H](O)C=C[C@H]1[C@H](O)CC(=O)[C@@H]1CC=CCCCCOC(=O)NC(C)=O. The van der Waals surface area contributed by atoms with Gasteiger partial charge in [0.1, 0.15) is 5.78 Å². The van der Waals surface area contributed by atoms with Gasteiger partial charge < -0.3 is 14.9 Å². The third-order valence-electron chi connectivity index (χ3n) is 5.69. The Balaban J connectivity index is 2.39. The summed E-state index contributed by atoms with van der Waals surface area (Å²) in [6.45, 7) is 5.63. The molecule has 0 bridgehead atoms. The summed E-state index contributed by atoms with van der Waals surface area (Å²) in [5.74, 6) is -0.766. The van der Waals surface area contributed by atoms with E-state index >= 15 is 0 Å². The van der Waals surface area contributed by atoms with Gasteiger partial charge in [0, 0.05) is 25.2 Å². The molecular weight excluding hydrogens is 398 g/mol. The van der Waals surface area contributed by atoms with Crippen molar-refractivity contribution in [2.75, 3.05) is 6.61 Å². The molecule has 0 radical (unpaired) electrons. The molecule has 31 heavy (non-hydrogen) atoms. The number of hydrogen-bond acceptors (Lipinski definition) is 6. The fourth-order valence-electron chi connectivity index (χ4n) is 3.73. The average Bonchev–Trinajstić information content (AvgIpc) is 2.97. The Bertz CT molecular complexity index is 630. The van der Waals surface area contributed by atoms with Crippen molar-refractivity contribution in [2.24, 2.45) is 17.8 Å². The predicted octanol–water partition coefficient (Wildman–Crippen LogP) is 3.69. The minimum absolute atomic E-state index is 0.0604. The number of allylic oxidation sites excluding steroid dienone is 2. The molecule has 1 aliphatic rings. The van der Waals surface area contributed by atoms with Crippen LogP contribution in [0.1, 0.15) is 72.1 Å². The molecule has 0 spiro atoms. The molecule has 1 unspecified atom stereocenters. The molecule has 0 aromatic carbocycles. The fourth-order valence-corrected chi connectivity index (χ4v) is 3.73. The highest BCUT2D eigenvalue weighted by Crippen LogP contribution is 2.33. The van der Waals surface area contributed by atoms with Gasteiger partial charge in [0.25, 0.3) is 0 Å². The van der Waals surface area contributed by atoms with Crippen LogP contribution in [0.5, 0.6) is 0 Å². The first-order valence-corrected chi connectivity index (χ1v) is 11.4. The number of unbranched alkanes of at least 4 members (excludes halogenated alkanes) is 3. The number of rotatable bonds is 13. The first kappa shape index (κ1) is 27.0. The van der Waals surface area contributed by atoms with Crippen molar-refractivity contribution < 1.29 is 29.3 Å². The highest BCUT2D eigenvalue weighted by Gasteiger charge is 2.39. The third kappa shape index (κ3) is 10.7. The van der Waals surface area contributed by atoms with Gasteiger partial charge in [-0.1, -0.05) is 51.0 Å². The second-order valence-electron chi connectivity index (χ2n) is 8.44. The number of aliphatic hydroxyl groups is 2. The Morgan fingerprint density at radius 1 is 1.26 bits per heavy atom. The fraction of sp³-hybridized carbons (Fsp3) is 0.708. The van der Waals surface area contributed by atoms with Crippen LogP contribution in [0.3, 0.4) is 0 Å². The standard InChI is InChI=1S/C24H39NO6/c1-4-5-11-17(2)21(27)14-13-20-19(22(28)16-23(20)29)12-9-7-6-8-10-15-31-24(30)25-18(3)26/h7,9,13-14,17,19-21,23,27,29H,4-6,8,10-12,15-16H2,1-3H3,(H,25,26,30)/t17?,19-,20-,21-,23-/m1/s1. The van der Waals surface area contributed by atoms with Crippen molar-refractivity contribution >= 4 is 17.8 Å². The van der Waals surface area contributed by atoms with Crippen molar-refractivity contribution in [3.8, 4) is 0 Å². The molecule has 0 heterocycles. The monoisotopic (exact) mass is 437 g/mol. The quantitative estimate of drug-likeness (QED) is 0.299. The Labute approximate surface area is 185 Å². The zero-order chi connectivity index (χ0) is 23.2. The summed E-state index contributed by atoms with van der Waals surface area (Å²) in [4.78, 5) is 34.2. The van der Waals surface area contributed by atoms with E-state index in [1.807, 2.05) is 30.5 Å². The highest BCUT2D eigenvalue weighted by molar-refractivity contribution is 5.90. The maximum absolute atomic E-state index is 12.3. The zero-order valence-electron chi connectivity index (χ0n) is 19.1. The number of imide groups is 1. The van der Waals surface area contributed by atoms with Gasteiger partial charge >= 0.3 is 6.09 Å². The van der Waals surface area contributed by atoms with E-state index in [0.717, 1.165) is 32.1 Å². The molecule has 1 fully saturated rings. The number of alkyl carbamates (subject to hydrolysis) is 1. The number of hydrogen-bond donors (Lipinski definition) is 3. The Kier molecular flexibility index (Phi) is 13.0. The van der Waals surface area contributed by atoms with Crippen LogP contribution in [0.25, 0.3) is 0 Å². The molecule has 1 rings (SSSR count). The lowest BCUT2D eigenvalue weighted by Gasteiger charge is -2.19. The summed E-state index contributed by atoms with van der Waals surface area (Å²) >= 11 is 0. The predicted molar refractivity (Wildman–Crippen MR) is 119 cm³/mol. The lowest BCUT2D eigenvalue weighted by molar-refractivity contribution is -0.121. The number of amides is 2. The normalized spacial score (nSPS) is 23.4. The van der Waals surface area contributed by atoms with Crippen LogP contribution in [0, 0.1) is 17.8 Å². The second kappa shape index (κ2) is 14.9. The molecule has 0 aliphatic heterocycles. The molecule has 176 valence electrons. The summed E-state index contributed by atoms with van der Waals surface area (Å²) in [6.07, 6.45) is 11.6. The molecular formula is C24H39NO6. The Morgan fingerprint density at radius 3 is 2.68 bits per heavy atom. The number of Topliss-reactive ketones (excluding diaryl/α,β-unsaturated/α-hetero) is 1. The summed E-state index contributed by atoms with van der Waals surface area (Å²) in [6, 6.07) is 0. The third-order valence-corrected chi connectivity index (χ3v) is 5.69. The molecule has 1 saturated carbocycles. The van der Waals surface area contributed by atoms with Gasteiger partial charge in [-0.3, -0.25) is 14.9 Å². The average molecular weight is 438 g/mol. The maximum Gasteiger partial charge on any atom is 0.413 e. The van der Waals surface area contributed by atoms with Gasteiger partial charge in [-0.25, -0.2) is 4.79 Å². The number of carbonyl (C=O) groups excluding carboxylic acids is 3. The molecule has 0 saturated heterocycles. The zero-order valence-corrected chi connectivity index (χ0v) is 19.1. The van der Waals surface area contributed by atoms with Crippen molar-refractivity contribution in [3.63, 3.8) is 0 Å². The van der Waals surface area contributed by atoms with Crippen LogP contribution in [0.4, 0.5) is 4.79 Å².